The number of rotatable bonds is 5. The molecule has 0 radical (unpaired) electrons. The van der Waals surface area contributed by atoms with Crippen LogP contribution in [-0.2, 0) is 19.7 Å². The first-order valence-electron chi connectivity index (χ1n) is 9.16. The van der Waals surface area contributed by atoms with Crippen molar-refractivity contribution >= 4 is 27.5 Å². The second kappa shape index (κ2) is 6.93. The third kappa shape index (κ3) is 2.90. The van der Waals surface area contributed by atoms with E-state index < -0.39 is 0 Å². The van der Waals surface area contributed by atoms with Gasteiger partial charge in [0.05, 0.1) is 12.3 Å². The number of hydrogen-bond donors (Lipinski definition) is 3. The van der Waals surface area contributed by atoms with Gasteiger partial charge >= 0.3 is 0 Å². The number of para-hydroxylation sites is 1. The zero-order valence-electron chi connectivity index (χ0n) is 15.5. The van der Waals surface area contributed by atoms with Crippen molar-refractivity contribution in [3.63, 3.8) is 0 Å². The van der Waals surface area contributed by atoms with Crippen LogP contribution in [-0.4, -0.2) is 19.8 Å². The maximum Gasteiger partial charge on any atom is 0.142 e. The number of aliphatic hydroxyl groups excluding tert-OH is 1. The smallest absolute Gasteiger partial charge is 0.142 e. The molecule has 0 aliphatic carbocycles. The number of aromatic hydroxyl groups is 1. The molecule has 0 fully saturated rings. The van der Waals surface area contributed by atoms with Crippen LogP contribution < -0.4 is 5.32 Å². The minimum Gasteiger partial charge on any atom is -0.506 e. The number of aliphatic hydroxyl groups is 1. The van der Waals surface area contributed by atoms with Crippen molar-refractivity contribution < 1.29 is 10.2 Å². The molecule has 0 aliphatic rings. The van der Waals surface area contributed by atoms with E-state index in [0.717, 1.165) is 12.2 Å². The number of aromatic nitrogens is 2. The lowest BCUT2D eigenvalue weighted by Crippen LogP contribution is -2.05. The molecule has 0 bridgehead atoms. The molecule has 2 heterocycles. The van der Waals surface area contributed by atoms with Gasteiger partial charge in [-0.3, -0.25) is 4.98 Å². The summed E-state index contributed by atoms with van der Waals surface area (Å²) in [4.78, 5) is 4.11. The Morgan fingerprint density at radius 1 is 1.07 bits per heavy atom. The molecule has 4 aromatic rings. The molecule has 4 rings (SSSR count). The first kappa shape index (κ1) is 17.4. The first-order chi connectivity index (χ1) is 13.1. The highest BCUT2D eigenvalue weighted by Crippen LogP contribution is 2.31. The summed E-state index contributed by atoms with van der Waals surface area (Å²) in [5.41, 5.74) is 5.29. The summed E-state index contributed by atoms with van der Waals surface area (Å²) >= 11 is 0. The van der Waals surface area contributed by atoms with Gasteiger partial charge in [-0.05, 0) is 38.1 Å². The zero-order valence-corrected chi connectivity index (χ0v) is 15.5. The van der Waals surface area contributed by atoms with Gasteiger partial charge in [-0.15, -0.1) is 0 Å². The van der Waals surface area contributed by atoms with Crippen LogP contribution in [0.5, 0.6) is 5.75 Å². The van der Waals surface area contributed by atoms with Crippen molar-refractivity contribution in [2.24, 2.45) is 0 Å². The van der Waals surface area contributed by atoms with Gasteiger partial charge in [0, 0.05) is 57.9 Å². The molecule has 27 heavy (non-hydrogen) atoms. The predicted octanol–water partition coefficient (Wildman–Crippen LogP) is 4.33. The second-order valence-corrected chi connectivity index (χ2v) is 6.70. The molecule has 2 aromatic carbocycles. The molecule has 0 saturated heterocycles. The van der Waals surface area contributed by atoms with Gasteiger partial charge in [0.15, 0.2) is 0 Å². The summed E-state index contributed by atoms with van der Waals surface area (Å²) in [5.74, 6) is 0.137. The fourth-order valence-electron chi connectivity index (χ4n) is 3.71. The van der Waals surface area contributed by atoms with Gasteiger partial charge in [-0.25, -0.2) is 0 Å². The van der Waals surface area contributed by atoms with Crippen LogP contribution >= 0.6 is 0 Å². The third-order valence-electron chi connectivity index (χ3n) is 5.16. The van der Waals surface area contributed by atoms with Crippen LogP contribution in [0.3, 0.4) is 0 Å². The second-order valence-electron chi connectivity index (χ2n) is 6.70. The summed E-state index contributed by atoms with van der Waals surface area (Å²) < 4.78 is 2.32. The van der Waals surface area contributed by atoms with E-state index >= 15 is 0 Å². The lowest BCUT2D eigenvalue weighted by Gasteiger charge is -2.13. The maximum atomic E-state index is 10.3. The summed E-state index contributed by atoms with van der Waals surface area (Å²) in [6.45, 7) is 5.10. The first-order valence-corrected chi connectivity index (χ1v) is 9.16. The average Bonchev–Trinajstić information content (AvgIpc) is 3.02. The highest BCUT2D eigenvalue weighted by atomic mass is 16.3. The molecule has 0 amide bonds. The number of nitrogens with zero attached hydrogens (tertiary/aromatic N) is 2. The van der Waals surface area contributed by atoms with Gasteiger partial charge in [-0.2, -0.15) is 0 Å². The summed E-state index contributed by atoms with van der Waals surface area (Å²) in [6.07, 6.45) is 1.62. The standard InChI is InChI=1S/C22H23N3O2/c1-3-25-20-7-5-4-6-17(20)18-10-16(8-9-21(18)25)24-12-19-15(13-26)11-23-14(2)22(19)27/h4-11,24,26-27H,3,12-13H2,1-2H3. The number of nitrogens with one attached hydrogen (secondary N) is 1. The Morgan fingerprint density at radius 2 is 1.85 bits per heavy atom. The number of hydrogen-bond acceptors (Lipinski definition) is 4. The molecule has 2 aromatic heterocycles. The van der Waals surface area contributed by atoms with Crippen molar-refractivity contribution in [1.29, 1.82) is 0 Å². The molecule has 5 nitrogen and oxygen atoms in total. The summed E-state index contributed by atoms with van der Waals surface area (Å²) in [5, 5.41) is 25.7. The molecule has 0 saturated carbocycles. The highest BCUT2D eigenvalue weighted by molar-refractivity contribution is 6.09. The van der Waals surface area contributed by atoms with E-state index in [2.05, 4.69) is 64.3 Å². The van der Waals surface area contributed by atoms with Crippen molar-refractivity contribution in [3.8, 4) is 5.75 Å². The van der Waals surface area contributed by atoms with E-state index in [1.165, 1.54) is 21.8 Å². The Balaban J connectivity index is 1.72. The number of benzene rings is 2. The van der Waals surface area contributed by atoms with Crippen molar-refractivity contribution in [2.75, 3.05) is 5.32 Å². The van der Waals surface area contributed by atoms with Crippen LogP contribution in [0.4, 0.5) is 5.69 Å². The highest BCUT2D eigenvalue weighted by Gasteiger charge is 2.13. The molecule has 0 unspecified atom stereocenters. The molecular weight excluding hydrogens is 338 g/mol. The van der Waals surface area contributed by atoms with E-state index in [4.69, 9.17) is 0 Å². The fraction of sp³-hybridized carbons (Fsp3) is 0.227. The fourth-order valence-corrected chi connectivity index (χ4v) is 3.71. The van der Waals surface area contributed by atoms with Gasteiger partial charge in [0.1, 0.15) is 5.75 Å². The molecule has 3 N–H and O–H groups in total. The predicted molar refractivity (Wildman–Crippen MR) is 109 cm³/mol. The van der Waals surface area contributed by atoms with Crippen LogP contribution in [0, 0.1) is 6.92 Å². The molecule has 5 heteroatoms. The molecule has 0 atom stereocenters. The van der Waals surface area contributed by atoms with E-state index in [1.807, 2.05) is 0 Å². The number of pyridine rings is 1. The number of fused-ring (bicyclic) bond motifs is 3. The van der Waals surface area contributed by atoms with E-state index in [1.54, 1.807) is 13.1 Å². The van der Waals surface area contributed by atoms with Crippen LogP contribution in [0.15, 0.2) is 48.7 Å². The third-order valence-corrected chi connectivity index (χ3v) is 5.16. The minimum absolute atomic E-state index is 0.137. The maximum absolute atomic E-state index is 10.3. The monoisotopic (exact) mass is 361 g/mol. The largest absolute Gasteiger partial charge is 0.506 e. The van der Waals surface area contributed by atoms with Crippen molar-refractivity contribution in [2.45, 2.75) is 33.5 Å². The van der Waals surface area contributed by atoms with E-state index in [9.17, 15) is 10.2 Å². The van der Waals surface area contributed by atoms with Crippen LogP contribution in [0.25, 0.3) is 21.8 Å². The topological polar surface area (TPSA) is 70.3 Å². The Kier molecular flexibility index (Phi) is 4.46. The molecular formula is C22H23N3O2. The zero-order chi connectivity index (χ0) is 19.0. The van der Waals surface area contributed by atoms with Gasteiger partial charge < -0.3 is 20.1 Å². The van der Waals surface area contributed by atoms with Gasteiger partial charge in [-0.1, -0.05) is 18.2 Å². The Morgan fingerprint density at radius 3 is 2.63 bits per heavy atom. The van der Waals surface area contributed by atoms with Crippen molar-refractivity contribution in [3.05, 3.63) is 65.5 Å². The lowest BCUT2D eigenvalue weighted by molar-refractivity contribution is 0.279. The SMILES string of the molecule is CCn1c2ccccc2c2cc(NCc3c(CO)cnc(C)c3O)ccc21. The quantitative estimate of drug-likeness (QED) is 0.495. The lowest BCUT2D eigenvalue weighted by atomic mass is 10.1. The van der Waals surface area contributed by atoms with E-state index in [0.29, 0.717) is 23.4 Å². The Labute approximate surface area is 157 Å². The van der Waals surface area contributed by atoms with Gasteiger partial charge in [0.25, 0.3) is 0 Å². The average molecular weight is 361 g/mol. The summed E-state index contributed by atoms with van der Waals surface area (Å²) in [7, 11) is 0. The van der Waals surface area contributed by atoms with E-state index in [-0.39, 0.29) is 12.4 Å². The van der Waals surface area contributed by atoms with Crippen LogP contribution in [0.2, 0.25) is 0 Å². The van der Waals surface area contributed by atoms with Crippen molar-refractivity contribution in [1.82, 2.24) is 9.55 Å². The number of aryl methyl sites for hydroxylation is 2. The Bertz CT molecular complexity index is 1130. The Hall–Kier alpha value is -3.05. The minimum atomic E-state index is -0.152. The molecule has 0 spiro atoms. The summed E-state index contributed by atoms with van der Waals surface area (Å²) in [6, 6.07) is 14.8. The number of anilines is 1. The van der Waals surface area contributed by atoms with Gasteiger partial charge in [0.2, 0.25) is 0 Å². The molecule has 0 aliphatic heterocycles. The molecule has 138 valence electrons. The van der Waals surface area contributed by atoms with Crippen LogP contribution in [0.1, 0.15) is 23.7 Å². The normalized spacial score (nSPS) is 11.4.